The summed E-state index contributed by atoms with van der Waals surface area (Å²) in [6.07, 6.45) is 11.1. The lowest BCUT2D eigenvalue weighted by atomic mass is 10.1. The van der Waals surface area contributed by atoms with Crippen molar-refractivity contribution in [3.05, 3.63) is 81.8 Å². The summed E-state index contributed by atoms with van der Waals surface area (Å²) in [4.78, 5) is 7.98. The van der Waals surface area contributed by atoms with Gasteiger partial charge >= 0.3 is 0 Å². The number of nitrogens with one attached hydrogen (secondary N) is 2. The normalized spacial score (nSPS) is 19.3. The average Bonchev–Trinajstić information content (AvgIpc) is 2.62. The van der Waals surface area contributed by atoms with Crippen molar-refractivity contribution in [2.24, 2.45) is 10.3 Å². The van der Waals surface area contributed by atoms with Crippen LogP contribution in [0.1, 0.15) is 12.8 Å². The zero-order chi connectivity index (χ0) is 22.6. The smallest absolute Gasteiger partial charge is 0.231 e. The van der Waals surface area contributed by atoms with E-state index in [1.54, 1.807) is 36.5 Å². The van der Waals surface area contributed by atoms with Gasteiger partial charge in [0.15, 0.2) is 11.6 Å². The van der Waals surface area contributed by atoms with E-state index in [2.05, 4.69) is 20.6 Å². The van der Waals surface area contributed by atoms with Crippen LogP contribution in [0, 0.1) is 5.82 Å². The van der Waals surface area contributed by atoms with Crippen LogP contribution in [0.25, 0.3) is 0 Å². The molecule has 0 fully saturated rings. The first-order valence-corrected chi connectivity index (χ1v) is 12.0. The summed E-state index contributed by atoms with van der Waals surface area (Å²) in [6.45, 7) is 0. The van der Waals surface area contributed by atoms with Crippen LogP contribution in [-0.4, -0.2) is 26.8 Å². The van der Waals surface area contributed by atoms with Crippen LogP contribution in [0.4, 0.5) is 16.2 Å². The largest absolute Gasteiger partial charge is 0.341 e. The lowest BCUT2D eigenvalue weighted by molar-refractivity contribution is 0.604. The Bertz CT molecular complexity index is 1290. The third-order valence-electron chi connectivity index (χ3n) is 3.93. The molecule has 6 N–H and O–H groups in total. The van der Waals surface area contributed by atoms with Gasteiger partial charge in [0.25, 0.3) is 0 Å². The van der Waals surface area contributed by atoms with Gasteiger partial charge in [-0.15, -0.1) is 0 Å². The Kier molecular flexibility index (Phi) is 6.50. The highest BCUT2D eigenvalue weighted by molar-refractivity contribution is 7.92. The summed E-state index contributed by atoms with van der Waals surface area (Å²) in [5, 5.41) is 17.6. The van der Waals surface area contributed by atoms with Crippen molar-refractivity contribution in [1.82, 2.24) is 9.97 Å². The lowest BCUT2D eigenvalue weighted by Gasteiger charge is -2.16. The molecule has 1 heterocycles. The number of nitrogens with zero attached hydrogens (tertiary/aromatic N) is 2. The van der Waals surface area contributed by atoms with Crippen molar-refractivity contribution in [2.75, 3.05) is 10.6 Å². The molecule has 31 heavy (non-hydrogen) atoms. The molecule has 1 aromatic heterocycles. The minimum atomic E-state index is -3.81. The number of hydrogen-bond donors (Lipinski definition) is 4. The molecule has 13 heteroatoms. The number of allylic oxidation sites excluding steroid dienone is 8. The monoisotopic (exact) mass is 466 g/mol. The lowest BCUT2D eigenvalue weighted by Crippen LogP contribution is -2.12. The van der Waals surface area contributed by atoms with Crippen molar-refractivity contribution in [3.63, 3.8) is 0 Å². The molecule has 1 aromatic rings. The van der Waals surface area contributed by atoms with Gasteiger partial charge in [-0.25, -0.2) is 36.5 Å². The van der Waals surface area contributed by atoms with Crippen LogP contribution >= 0.6 is 0 Å². The van der Waals surface area contributed by atoms with Gasteiger partial charge in [-0.1, -0.05) is 24.3 Å². The first kappa shape index (κ1) is 22.6. The summed E-state index contributed by atoms with van der Waals surface area (Å²) >= 11 is 0. The fraction of sp³-hybridized carbons (Fsp3) is 0.111. The van der Waals surface area contributed by atoms with Crippen LogP contribution in [0.2, 0.25) is 0 Å². The summed E-state index contributed by atoms with van der Waals surface area (Å²) in [6, 6.07) is 0. The van der Waals surface area contributed by atoms with E-state index in [1.807, 2.05) is 0 Å². The number of nitrogens with two attached hydrogens (primary N) is 2. The first-order valence-electron chi connectivity index (χ1n) is 8.75. The standard InChI is InChI=1S/C18H19FN6O4S2/c19-16-9-22-18(24-15-6-2-4-13(8-15)11-31(21,28)29)25-17(16)23-14-5-1-3-12(7-14)10-30(20,26)27/h1-6,9-11H,7-8H2,(H2,20,26,27)(H2,21,28,29)(H2,22,23,24,25). The second kappa shape index (κ2) is 8.93. The molecular weight excluding hydrogens is 447 g/mol. The van der Waals surface area contributed by atoms with Crippen LogP contribution in [-0.2, 0) is 20.0 Å². The summed E-state index contributed by atoms with van der Waals surface area (Å²) in [5.74, 6) is -0.765. The maximum absolute atomic E-state index is 14.2. The predicted octanol–water partition coefficient (Wildman–Crippen LogP) is 1.47. The SMILES string of the molecule is NS(=O)(=O)C=C1C=CC=C(Nc2ncc(F)c(NC3=CC=CC(=CS(N)(=O)=O)C3)n2)C1. The van der Waals surface area contributed by atoms with Crippen molar-refractivity contribution >= 4 is 31.8 Å². The van der Waals surface area contributed by atoms with Crippen LogP contribution in [0.3, 0.4) is 0 Å². The van der Waals surface area contributed by atoms with Crippen molar-refractivity contribution < 1.29 is 21.2 Å². The highest BCUT2D eigenvalue weighted by Gasteiger charge is 2.14. The summed E-state index contributed by atoms with van der Waals surface area (Å²) in [5.41, 5.74) is 1.96. The molecule has 0 amide bonds. The van der Waals surface area contributed by atoms with Crippen LogP contribution < -0.4 is 20.9 Å². The first-order chi connectivity index (χ1) is 14.5. The van der Waals surface area contributed by atoms with E-state index < -0.39 is 25.9 Å². The third-order valence-corrected chi connectivity index (χ3v) is 5.19. The molecule has 0 aromatic carbocycles. The summed E-state index contributed by atoms with van der Waals surface area (Å²) in [7, 11) is -7.59. The number of primary sulfonamides is 2. The van der Waals surface area contributed by atoms with Crippen molar-refractivity contribution in [1.29, 1.82) is 0 Å². The maximum Gasteiger partial charge on any atom is 0.231 e. The molecule has 0 radical (unpaired) electrons. The Morgan fingerprint density at radius 3 is 1.94 bits per heavy atom. The van der Waals surface area contributed by atoms with Gasteiger partial charge in [-0.05, 0) is 23.3 Å². The molecule has 0 unspecified atom stereocenters. The quantitative estimate of drug-likeness (QED) is 0.488. The van der Waals surface area contributed by atoms with Crippen molar-refractivity contribution in [2.45, 2.75) is 12.8 Å². The fourth-order valence-electron chi connectivity index (χ4n) is 2.82. The second-order valence-electron chi connectivity index (χ2n) is 6.66. The van der Waals surface area contributed by atoms with Gasteiger partial charge < -0.3 is 10.6 Å². The molecule has 0 saturated carbocycles. The zero-order valence-corrected chi connectivity index (χ0v) is 17.6. The molecule has 0 atom stereocenters. The van der Waals surface area contributed by atoms with E-state index in [4.69, 9.17) is 10.3 Å². The van der Waals surface area contributed by atoms with Gasteiger partial charge in [0.1, 0.15) is 0 Å². The Balaban J connectivity index is 1.74. The number of anilines is 2. The van der Waals surface area contributed by atoms with Gasteiger partial charge in [0.05, 0.1) is 6.20 Å². The highest BCUT2D eigenvalue weighted by atomic mass is 32.2. The van der Waals surface area contributed by atoms with Gasteiger partial charge in [0.2, 0.25) is 26.0 Å². The average molecular weight is 467 g/mol. The van der Waals surface area contributed by atoms with Crippen LogP contribution in [0.5, 0.6) is 0 Å². The van der Waals surface area contributed by atoms with Crippen LogP contribution in [0.15, 0.2) is 76.0 Å². The van der Waals surface area contributed by atoms with E-state index in [9.17, 15) is 21.2 Å². The molecule has 10 nitrogen and oxygen atoms in total. The Morgan fingerprint density at radius 2 is 1.42 bits per heavy atom. The molecule has 164 valence electrons. The number of halogens is 1. The number of rotatable bonds is 6. The zero-order valence-electron chi connectivity index (χ0n) is 16.0. The van der Waals surface area contributed by atoms with Gasteiger partial charge in [-0.2, -0.15) is 4.98 Å². The molecule has 0 bridgehead atoms. The van der Waals surface area contributed by atoms with Gasteiger partial charge in [-0.3, -0.25) is 0 Å². The van der Waals surface area contributed by atoms with E-state index >= 15 is 0 Å². The maximum atomic E-state index is 14.2. The van der Waals surface area contributed by atoms with E-state index in [-0.39, 0.29) is 24.6 Å². The molecule has 0 aliphatic heterocycles. The van der Waals surface area contributed by atoms with E-state index in [0.29, 0.717) is 22.5 Å². The highest BCUT2D eigenvalue weighted by Crippen LogP contribution is 2.24. The minimum Gasteiger partial charge on any atom is -0.341 e. The van der Waals surface area contributed by atoms with E-state index in [1.165, 1.54) is 0 Å². The van der Waals surface area contributed by atoms with Gasteiger partial charge in [0, 0.05) is 35.1 Å². The minimum absolute atomic E-state index is 0.0765. The van der Waals surface area contributed by atoms with E-state index in [0.717, 1.165) is 17.0 Å². The fourth-order valence-corrected chi connectivity index (χ4v) is 3.99. The topological polar surface area (TPSA) is 170 Å². The molecule has 2 aliphatic carbocycles. The molecular formula is C18H19FN6O4S2. The summed E-state index contributed by atoms with van der Waals surface area (Å²) < 4.78 is 59.2. The Labute approximate surface area is 178 Å². The Hall–Kier alpha value is -3.13. The third kappa shape index (κ3) is 7.25. The predicted molar refractivity (Wildman–Crippen MR) is 115 cm³/mol. The second-order valence-corrected chi connectivity index (χ2v) is 9.49. The number of aromatic nitrogens is 2. The number of hydrogen-bond acceptors (Lipinski definition) is 8. The molecule has 3 rings (SSSR count). The molecule has 0 spiro atoms. The molecule has 2 aliphatic rings. The number of sulfonamides is 2. The Morgan fingerprint density at radius 1 is 0.903 bits per heavy atom. The molecule has 0 saturated heterocycles. The van der Waals surface area contributed by atoms with Crippen molar-refractivity contribution in [3.8, 4) is 0 Å².